The maximum Gasteiger partial charge on any atom is 0.433 e. The summed E-state index contributed by atoms with van der Waals surface area (Å²) >= 11 is 0. The third kappa shape index (κ3) is 3.48. The Kier molecular flexibility index (Phi) is 3.86. The van der Waals surface area contributed by atoms with Crippen molar-refractivity contribution in [3.8, 4) is 0 Å². The number of anilines is 1. The van der Waals surface area contributed by atoms with Crippen LogP contribution in [0.2, 0.25) is 0 Å². The van der Waals surface area contributed by atoms with Crippen molar-refractivity contribution < 1.29 is 26.0 Å². The molecule has 1 heterocycles. The molecule has 0 radical (unpaired) electrons. The van der Waals surface area contributed by atoms with Gasteiger partial charge in [-0.05, 0) is 24.3 Å². The molecule has 21 heavy (non-hydrogen) atoms. The number of hydrogen-bond donors (Lipinski definition) is 1. The third-order valence-corrected chi connectivity index (χ3v) is 3.85. The molecule has 0 aliphatic rings. The number of alkyl halides is 3. The zero-order chi connectivity index (χ0) is 15.7. The van der Waals surface area contributed by atoms with Crippen LogP contribution in [-0.2, 0) is 16.2 Å². The monoisotopic (exact) mass is 320 g/mol. The zero-order valence-electron chi connectivity index (χ0n) is 10.2. The summed E-state index contributed by atoms with van der Waals surface area (Å²) in [6.45, 7) is 0. The van der Waals surface area contributed by atoms with Gasteiger partial charge in [0.15, 0.2) is 0 Å². The summed E-state index contributed by atoms with van der Waals surface area (Å²) in [6, 6.07) is 6.15. The molecule has 2 aromatic rings. The second-order valence-electron chi connectivity index (χ2n) is 3.97. The van der Waals surface area contributed by atoms with Crippen LogP contribution in [-0.4, -0.2) is 13.4 Å². The molecule has 9 heteroatoms. The van der Waals surface area contributed by atoms with Crippen molar-refractivity contribution >= 4 is 15.7 Å². The van der Waals surface area contributed by atoms with Gasteiger partial charge in [-0.15, -0.1) is 0 Å². The summed E-state index contributed by atoms with van der Waals surface area (Å²) in [5.41, 5.74) is -1.36. The summed E-state index contributed by atoms with van der Waals surface area (Å²) in [7, 11) is -4.24. The average Bonchev–Trinajstić information content (AvgIpc) is 2.38. The number of nitrogens with one attached hydrogen (secondary N) is 1. The second kappa shape index (κ2) is 5.32. The smallest absolute Gasteiger partial charge is 0.278 e. The van der Waals surface area contributed by atoms with Crippen LogP contribution in [0.1, 0.15) is 5.69 Å². The number of pyridine rings is 1. The topological polar surface area (TPSA) is 59.1 Å². The van der Waals surface area contributed by atoms with Gasteiger partial charge in [0.05, 0.1) is 11.9 Å². The maximum absolute atomic E-state index is 13.4. The van der Waals surface area contributed by atoms with E-state index in [4.69, 9.17) is 0 Å². The van der Waals surface area contributed by atoms with Crippen molar-refractivity contribution in [1.82, 2.24) is 4.98 Å². The Labute approximate surface area is 117 Å². The Morgan fingerprint density at radius 3 is 2.24 bits per heavy atom. The lowest BCUT2D eigenvalue weighted by Gasteiger charge is -2.10. The first-order valence-electron chi connectivity index (χ1n) is 5.51. The summed E-state index contributed by atoms with van der Waals surface area (Å²) in [4.78, 5) is 2.50. The largest absolute Gasteiger partial charge is 0.433 e. The fraction of sp³-hybridized carbons (Fsp3) is 0.0833. The molecule has 0 bridgehead atoms. The minimum atomic E-state index is -4.62. The minimum absolute atomic E-state index is 0.203. The lowest BCUT2D eigenvalue weighted by molar-refractivity contribution is -0.141. The van der Waals surface area contributed by atoms with Gasteiger partial charge in [0, 0.05) is 0 Å². The Morgan fingerprint density at radius 2 is 1.71 bits per heavy atom. The Bertz CT molecular complexity index is 743. The van der Waals surface area contributed by atoms with E-state index < -0.39 is 32.6 Å². The number of halogens is 4. The van der Waals surface area contributed by atoms with E-state index in [2.05, 4.69) is 4.98 Å². The summed E-state index contributed by atoms with van der Waals surface area (Å²) in [5.74, 6) is -0.968. The van der Waals surface area contributed by atoms with Gasteiger partial charge in [-0.2, -0.15) is 13.2 Å². The number of benzene rings is 1. The molecule has 0 aliphatic heterocycles. The van der Waals surface area contributed by atoms with Crippen LogP contribution in [0.3, 0.4) is 0 Å². The highest BCUT2D eigenvalue weighted by Gasteiger charge is 2.32. The van der Waals surface area contributed by atoms with E-state index >= 15 is 0 Å². The molecule has 0 saturated carbocycles. The first-order chi connectivity index (χ1) is 9.70. The lowest BCUT2D eigenvalue weighted by atomic mass is 10.3. The van der Waals surface area contributed by atoms with Crippen LogP contribution < -0.4 is 4.72 Å². The molecule has 0 spiro atoms. The van der Waals surface area contributed by atoms with Crippen LogP contribution >= 0.6 is 0 Å². The SMILES string of the molecule is O=S(=O)(Nc1ccc(C(F)(F)F)nc1)c1ccccc1F. The minimum Gasteiger partial charge on any atom is -0.278 e. The fourth-order valence-corrected chi connectivity index (χ4v) is 2.62. The first kappa shape index (κ1) is 15.2. The van der Waals surface area contributed by atoms with Gasteiger partial charge >= 0.3 is 6.18 Å². The Morgan fingerprint density at radius 1 is 1.05 bits per heavy atom. The van der Waals surface area contributed by atoms with Crippen molar-refractivity contribution in [2.24, 2.45) is 0 Å². The Hall–Kier alpha value is -2.16. The molecule has 4 nitrogen and oxygen atoms in total. The molecular formula is C12H8F4N2O2S. The fourth-order valence-electron chi connectivity index (χ4n) is 1.49. The van der Waals surface area contributed by atoms with Gasteiger partial charge in [-0.3, -0.25) is 4.72 Å². The van der Waals surface area contributed by atoms with E-state index in [1.165, 1.54) is 12.1 Å². The molecule has 0 unspecified atom stereocenters. The van der Waals surface area contributed by atoms with Crippen molar-refractivity contribution in [2.45, 2.75) is 11.1 Å². The van der Waals surface area contributed by atoms with Crippen molar-refractivity contribution in [3.05, 3.63) is 54.1 Å². The molecule has 1 N–H and O–H groups in total. The first-order valence-corrected chi connectivity index (χ1v) is 6.99. The molecule has 2 rings (SSSR count). The van der Waals surface area contributed by atoms with E-state index in [1.54, 1.807) is 0 Å². The quantitative estimate of drug-likeness (QED) is 0.884. The predicted octanol–water partition coefficient (Wildman–Crippen LogP) is 3.04. The van der Waals surface area contributed by atoms with Gasteiger partial charge < -0.3 is 0 Å². The lowest BCUT2D eigenvalue weighted by Crippen LogP contribution is -2.15. The highest BCUT2D eigenvalue weighted by atomic mass is 32.2. The van der Waals surface area contributed by atoms with Gasteiger partial charge in [0.1, 0.15) is 16.4 Å². The van der Waals surface area contributed by atoms with Crippen molar-refractivity contribution in [3.63, 3.8) is 0 Å². The van der Waals surface area contributed by atoms with Gasteiger partial charge in [-0.25, -0.2) is 17.8 Å². The number of hydrogen-bond acceptors (Lipinski definition) is 3. The van der Waals surface area contributed by atoms with Crippen LogP contribution in [0.15, 0.2) is 47.5 Å². The van der Waals surface area contributed by atoms with Gasteiger partial charge in [0.2, 0.25) is 0 Å². The van der Waals surface area contributed by atoms with Gasteiger partial charge in [0.25, 0.3) is 10.0 Å². The number of sulfonamides is 1. The standard InChI is InChI=1S/C12H8F4N2O2S/c13-9-3-1-2-4-10(9)21(19,20)18-8-5-6-11(17-7-8)12(14,15)16/h1-7,18H. The van der Waals surface area contributed by atoms with E-state index in [0.717, 1.165) is 18.2 Å². The molecule has 0 saturated heterocycles. The third-order valence-electron chi connectivity index (χ3n) is 2.43. The average molecular weight is 320 g/mol. The molecule has 0 aliphatic carbocycles. The normalized spacial score (nSPS) is 12.2. The van der Waals surface area contributed by atoms with Gasteiger partial charge in [-0.1, -0.05) is 12.1 Å². The number of nitrogens with zero attached hydrogens (tertiary/aromatic N) is 1. The summed E-state index contributed by atoms with van der Waals surface area (Å²) < 4.78 is 76.2. The van der Waals surface area contributed by atoms with Crippen molar-refractivity contribution in [1.29, 1.82) is 0 Å². The number of aromatic nitrogens is 1. The van der Waals surface area contributed by atoms with Crippen LogP contribution in [0.5, 0.6) is 0 Å². The van der Waals surface area contributed by atoms with Crippen LogP contribution in [0.4, 0.5) is 23.2 Å². The molecule has 0 fully saturated rings. The highest BCUT2D eigenvalue weighted by molar-refractivity contribution is 7.92. The predicted molar refractivity (Wildman–Crippen MR) is 66.4 cm³/mol. The van der Waals surface area contributed by atoms with Crippen molar-refractivity contribution in [2.75, 3.05) is 4.72 Å². The van der Waals surface area contributed by atoms with E-state index in [-0.39, 0.29) is 5.69 Å². The van der Waals surface area contributed by atoms with Crippen LogP contribution in [0, 0.1) is 5.82 Å². The molecule has 112 valence electrons. The highest BCUT2D eigenvalue weighted by Crippen LogP contribution is 2.28. The van der Waals surface area contributed by atoms with E-state index in [1.807, 2.05) is 4.72 Å². The summed E-state index contributed by atoms with van der Waals surface area (Å²) in [6.07, 6.45) is -3.91. The molecule has 1 aromatic heterocycles. The molecule has 1 aromatic carbocycles. The van der Waals surface area contributed by atoms with E-state index in [9.17, 15) is 26.0 Å². The van der Waals surface area contributed by atoms with Crippen LogP contribution in [0.25, 0.3) is 0 Å². The molecule has 0 amide bonds. The maximum atomic E-state index is 13.4. The number of rotatable bonds is 3. The second-order valence-corrected chi connectivity index (χ2v) is 5.62. The van der Waals surface area contributed by atoms with E-state index in [0.29, 0.717) is 12.3 Å². The Balaban J connectivity index is 2.28. The molecular weight excluding hydrogens is 312 g/mol. The summed E-state index contributed by atoms with van der Waals surface area (Å²) in [5, 5.41) is 0. The molecule has 0 atom stereocenters. The zero-order valence-corrected chi connectivity index (χ0v) is 11.0.